The van der Waals surface area contributed by atoms with Crippen LogP contribution in [0.15, 0.2) is 42.5 Å². The van der Waals surface area contributed by atoms with Crippen molar-refractivity contribution in [2.75, 3.05) is 56.2 Å². The van der Waals surface area contributed by atoms with Crippen LogP contribution in [-0.4, -0.2) is 87.7 Å². The van der Waals surface area contributed by atoms with E-state index < -0.39 is 23.3 Å². The summed E-state index contributed by atoms with van der Waals surface area (Å²) in [5.41, 5.74) is 4.79. The van der Waals surface area contributed by atoms with Crippen molar-refractivity contribution in [1.29, 1.82) is 0 Å². The number of carboxylic acids is 1. The molecule has 1 amide bonds. The lowest BCUT2D eigenvalue weighted by molar-refractivity contribution is -0.139. The first-order chi connectivity index (χ1) is 18.8. The molecule has 0 spiro atoms. The van der Waals surface area contributed by atoms with Crippen molar-refractivity contribution in [2.24, 2.45) is 0 Å². The van der Waals surface area contributed by atoms with Gasteiger partial charge in [-0.2, -0.15) is 0 Å². The molecule has 4 rings (SSSR count). The molecule has 2 N–H and O–H groups in total. The average molecular weight is 555 g/mol. The highest BCUT2D eigenvalue weighted by atomic mass is 32.2. The maximum absolute atomic E-state index is 12.4. The summed E-state index contributed by atoms with van der Waals surface area (Å²) < 4.78 is 28.0. The van der Waals surface area contributed by atoms with Gasteiger partial charge in [-0.15, -0.1) is 4.41 Å². The molecule has 1 fully saturated rings. The summed E-state index contributed by atoms with van der Waals surface area (Å²) in [6.07, 6.45) is 1.02. The average Bonchev–Trinajstić information content (AvgIpc) is 2.91. The van der Waals surface area contributed by atoms with E-state index in [-0.39, 0.29) is 12.3 Å². The number of fused-ring (bicyclic) bond motifs is 1. The molecule has 0 saturated carbocycles. The molecule has 1 saturated heterocycles. The third kappa shape index (κ3) is 7.23. The zero-order valence-corrected chi connectivity index (χ0v) is 23.0. The van der Waals surface area contributed by atoms with Crippen LogP contribution in [0.1, 0.15) is 36.5 Å². The summed E-state index contributed by atoms with van der Waals surface area (Å²) in [4.78, 5) is 27.5. The van der Waals surface area contributed by atoms with Gasteiger partial charge in [0, 0.05) is 74.8 Å². The molecular formula is C28H34N4O6S. The highest BCUT2D eigenvalue weighted by Gasteiger charge is 2.30. The van der Waals surface area contributed by atoms with E-state index in [1.165, 1.54) is 4.41 Å². The largest absolute Gasteiger partial charge is 0.481 e. The minimum absolute atomic E-state index is 0.105. The number of carbonyl (C=O) groups excluding carboxylic acids is 1. The van der Waals surface area contributed by atoms with Crippen LogP contribution in [0.5, 0.6) is 0 Å². The van der Waals surface area contributed by atoms with E-state index in [9.17, 15) is 18.4 Å². The standard InChI is InChI=1S/C28H34N4O6S/c1-21(19-28(34)35)32(39(36)37)30-15-13-29(14-16-30)25-10-6-22(7-11-25)3-4-23-5-8-24-9-12-27(33)31(17-18-38-2)26(24)20-23/h5-8,10-11,20-21H,9,12-19H2,1-2H3,(H,34,35)(H,36,37). The van der Waals surface area contributed by atoms with Gasteiger partial charge in [-0.25, -0.2) is 9.22 Å². The van der Waals surface area contributed by atoms with Gasteiger partial charge in [0.2, 0.25) is 17.2 Å². The Morgan fingerprint density at radius 1 is 1.08 bits per heavy atom. The summed E-state index contributed by atoms with van der Waals surface area (Å²) in [7, 11) is 1.63. The number of rotatable bonds is 9. The molecule has 208 valence electrons. The van der Waals surface area contributed by atoms with Crippen LogP contribution in [0.2, 0.25) is 0 Å². The molecule has 0 aliphatic carbocycles. The topological polar surface area (TPSA) is 114 Å². The van der Waals surface area contributed by atoms with Crippen molar-refractivity contribution < 1.29 is 28.2 Å². The van der Waals surface area contributed by atoms with Gasteiger partial charge < -0.3 is 19.6 Å². The summed E-state index contributed by atoms with van der Waals surface area (Å²) in [6, 6.07) is 13.4. The minimum atomic E-state index is -2.29. The number of hydrazine groups is 1. The van der Waals surface area contributed by atoms with Crippen LogP contribution in [0.25, 0.3) is 0 Å². The summed E-state index contributed by atoms with van der Waals surface area (Å²) in [6.45, 7) is 4.89. The van der Waals surface area contributed by atoms with Gasteiger partial charge >= 0.3 is 5.97 Å². The van der Waals surface area contributed by atoms with E-state index in [0.717, 1.165) is 34.5 Å². The molecule has 0 bridgehead atoms. The molecule has 0 radical (unpaired) electrons. The monoisotopic (exact) mass is 554 g/mol. The number of carboxylic acid groups (broad SMARTS) is 1. The number of amides is 1. The first-order valence-electron chi connectivity index (χ1n) is 12.9. The van der Waals surface area contributed by atoms with Gasteiger partial charge in [0.25, 0.3) is 0 Å². The van der Waals surface area contributed by atoms with Gasteiger partial charge in [-0.3, -0.25) is 14.1 Å². The number of piperazine rings is 1. The predicted octanol–water partition coefficient (Wildman–Crippen LogP) is 2.35. The fourth-order valence-corrected chi connectivity index (χ4v) is 5.70. The van der Waals surface area contributed by atoms with E-state index in [4.69, 9.17) is 9.84 Å². The van der Waals surface area contributed by atoms with Crippen molar-refractivity contribution in [1.82, 2.24) is 9.42 Å². The second kappa shape index (κ2) is 13.2. The normalized spacial score (nSPS) is 17.4. The number of aliphatic carboxylic acids is 1. The number of aryl methyl sites for hydroxylation is 1. The molecule has 11 heteroatoms. The zero-order valence-electron chi connectivity index (χ0n) is 22.2. The van der Waals surface area contributed by atoms with Crippen LogP contribution in [-0.2, 0) is 32.0 Å². The van der Waals surface area contributed by atoms with Gasteiger partial charge in [0.05, 0.1) is 13.0 Å². The summed E-state index contributed by atoms with van der Waals surface area (Å²) >= 11 is -2.29. The van der Waals surface area contributed by atoms with E-state index in [1.54, 1.807) is 23.9 Å². The lowest BCUT2D eigenvalue weighted by Crippen LogP contribution is -2.57. The molecule has 0 aromatic heterocycles. The Hall–Kier alpha value is -3.27. The van der Waals surface area contributed by atoms with Crippen molar-refractivity contribution in [3.05, 3.63) is 59.2 Å². The molecule has 2 aromatic carbocycles. The molecule has 10 nitrogen and oxygen atoms in total. The Bertz CT molecular complexity index is 1270. The van der Waals surface area contributed by atoms with Gasteiger partial charge in [-0.05, 0) is 55.3 Å². The smallest absolute Gasteiger partial charge is 0.305 e. The number of hydrogen-bond donors (Lipinski definition) is 2. The predicted molar refractivity (Wildman–Crippen MR) is 150 cm³/mol. The van der Waals surface area contributed by atoms with Gasteiger partial charge in [0.15, 0.2) is 0 Å². The number of ether oxygens (including phenoxy) is 1. The van der Waals surface area contributed by atoms with Crippen LogP contribution in [0.4, 0.5) is 11.4 Å². The second-order valence-corrected chi connectivity index (χ2v) is 10.4. The molecule has 2 aliphatic rings. The highest BCUT2D eigenvalue weighted by Crippen LogP contribution is 2.29. The minimum Gasteiger partial charge on any atom is -0.481 e. The maximum Gasteiger partial charge on any atom is 0.305 e. The van der Waals surface area contributed by atoms with Crippen molar-refractivity contribution in [2.45, 2.75) is 32.2 Å². The van der Waals surface area contributed by atoms with Crippen molar-refractivity contribution >= 4 is 34.5 Å². The Balaban J connectivity index is 1.39. The third-order valence-electron chi connectivity index (χ3n) is 6.93. The molecule has 2 atom stereocenters. The third-order valence-corrected chi connectivity index (χ3v) is 7.84. The Labute approximate surface area is 231 Å². The number of carbonyl (C=O) groups is 2. The molecule has 2 aromatic rings. The molecule has 2 aliphatic heterocycles. The van der Waals surface area contributed by atoms with Crippen LogP contribution in [0.3, 0.4) is 0 Å². The highest BCUT2D eigenvalue weighted by molar-refractivity contribution is 7.76. The van der Waals surface area contributed by atoms with Gasteiger partial charge in [0.1, 0.15) is 0 Å². The number of hydrogen-bond acceptors (Lipinski definition) is 6. The second-order valence-electron chi connectivity index (χ2n) is 9.60. The summed E-state index contributed by atoms with van der Waals surface area (Å²) in [5, 5.41) is 10.8. The molecule has 2 unspecified atom stereocenters. The quantitative estimate of drug-likeness (QED) is 0.359. The van der Waals surface area contributed by atoms with Crippen LogP contribution >= 0.6 is 0 Å². The fourth-order valence-electron chi connectivity index (χ4n) is 4.96. The van der Waals surface area contributed by atoms with E-state index in [1.807, 2.05) is 42.5 Å². The van der Waals surface area contributed by atoms with Crippen molar-refractivity contribution in [3.8, 4) is 11.8 Å². The lowest BCUT2D eigenvalue weighted by Gasteiger charge is -2.41. The van der Waals surface area contributed by atoms with E-state index in [0.29, 0.717) is 45.8 Å². The Morgan fingerprint density at radius 2 is 1.74 bits per heavy atom. The number of methoxy groups -OCH3 is 1. The first kappa shape index (κ1) is 28.7. The van der Waals surface area contributed by atoms with E-state index >= 15 is 0 Å². The van der Waals surface area contributed by atoms with Gasteiger partial charge in [-0.1, -0.05) is 17.9 Å². The Kier molecular flexibility index (Phi) is 9.72. The zero-order chi connectivity index (χ0) is 27.9. The fraction of sp³-hybridized carbons (Fsp3) is 0.429. The summed E-state index contributed by atoms with van der Waals surface area (Å²) in [5.74, 6) is 5.52. The number of benzene rings is 2. The SMILES string of the molecule is COCCN1C(=O)CCc2ccc(C#Cc3ccc(N4CCN(N(C(C)CC(=O)O)S(=O)O)CC4)cc3)cc21. The first-order valence-corrected chi connectivity index (χ1v) is 14.0. The molecular weight excluding hydrogens is 520 g/mol. The Morgan fingerprint density at radius 3 is 2.38 bits per heavy atom. The lowest BCUT2D eigenvalue weighted by atomic mass is 9.99. The van der Waals surface area contributed by atoms with Crippen LogP contribution < -0.4 is 9.80 Å². The number of nitrogens with zero attached hydrogens (tertiary/aromatic N) is 4. The van der Waals surface area contributed by atoms with Crippen LogP contribution in [0, 0.1) is 11.8 Å². The van der Waals surface area contributed by atoms with E-state index in [2.05, 4.69) is 16.7 Å². The van der Waals surface area contributed by atoms with Crippen molar-refractivity contribution in [3.63, 3.8) is 0 Å². The molecule has 2 heterocycles. The maximum atomic E-state index is 12.4. The number of anilines is 2. The molecule has 39 heavy (non-hydrogen) atoms.